The monoisotopic (exact) mass is 159 g/mol. The third-order valence-electron chi connectivity index (χ3n) is 2.42. The minimum absolute atomic E-state index is 0.603. The Balaban J connectivity index is 2.36. The summed E-state index contributed by atoms with van der Waals surface area (Å²) < 4.78 is 0. The fraction of sp³-hybridized carbons (Fsp3) is 1.00. The van der Waals surface area contributed by atoms with Crippen LogP contribution in [0.3, 0.4) is 0 Å². The number of rotatable bonds is 1. The van der Waals surface area contributed by atoms with Gasteiger partial charge in [-0.05, 0) is 13.8 Å². The normalized spacial score (nSPS) is 25.9. The molecule has 0 aliphatic carbocycles. The highest BCUT2D eigenvalue weighted by atomic mass is 16.3. The van der Waals surface area contributed by atoms with Crippen LogP contribution in [-0.2, 0) is 0 Å². The Bertz CT molecular complexity index is 124. The summed E-state index contributed by atoms with van der Waals surface area (Å²) in [5, 5.41) is 7.61. The van der Waals surface area contributed by atoms with Gasteiger partial charge in [-0.25, -0.2) is 0 Å². The molecule has 1 aliphatic rings. The summed E-state index contributed by atoms with van der Waals surface area (Å²) in [6, 6.07) is 0.603. The molecule has 0 aromatic rings. The fourth-order valence-corrected chi connectivity index (χ4v) is 1.44. The first-order valence-corrected chi connectivity index (χ1v) is 4.29. The Morgan fingerprint density at radius 3 is 2.18 bits per heavy atom. The van der Waals surface area contributed by atoms with Crippen molar-refractivity contribution in [2.75, 3.05) is 13.1 Å². The summed E-state index contributed by atoms with van der Waals surface area (Å²) in [7, 11) is 0. The van der Waals surface area contributed by atoms with E-state index in [1.807, 2.05) is 0 Å². The summed E-state index contributed by atoms with van der Waals surface area (Å²) in [5.41, 5.74) is 5.03. The van der Waals surface area contributed by atoms with E-state index in [0.717, 1.165) is 25.9 Å². The molecule has 0 aromatic heterocycles. The van der Waals surface area contributed by atoms with Crippen LogP contribution in [0.2, 0.25) is 0 Å². The van der Waals surface area contributed by atoms with Crippen LogP contribution in [0, 0.1) is 0 Å². The predicted molar refractivity (Wildman–Crippen MR) is 46.5 cm³/mol. The Hall–Kier alpha value is -0.120. The lowest BCUT2D eigenvalue weighted by atomic mass is 10.0. The standard InChI is InChI=1S/C8H18N2O/c1-7(2)10-5-3-8(9,11)4-6-10/h7,11H,3-6,9H2,1-2H3/p+1. The van der Waals surface area contributed by atoms with Crippen molar-refractivity contribution in [3.8, 4) is 0 Å². The van der Waals surface area contributed by atoms with Crippen LogP contribution >= 0.6 is 0 Å². The minimum Gasteiger partial charge on any atom is -0.429 e. The van der Waals surface area contributed by atoms with Crippen molar-refractivity contribution in [3.63, 3.8) is 0 Å². The number of nitrogens with zero attached hydrogens (tertiary/aromatic N) is 1. The number of hydrogen-bond acceptors (Lipinski definition) is 2. The first-order chi connectivity index (χ1) is 5.01. The van der Waals surface area contributed by atoms with Crippen LogP contribution < -0.4 is 5.73 Å². The molecule has 0 radical (unpaired) electrons. The maximum Gasteiger partial charge on any atom is 0.220 e. The zero-order valence-corrected chi connectivity index (χ0v) is 7.43. The topological polar surface area (TPSA) is 52.2 Å². The summed E-state index contributed by atoms with van der Waals surface area (Å²) in [5.74, 6) is 0. The highest BCUT2D eigenvalue weighted by Gasteiger charge is 2.32. The molecule has 0 atom stereocenters. The maximum atomic E-state index is 7.61. The van der Waals surface area contributed by atoms with Gasteiger partial charge in [-0.2, -0.15) is 0 Å². The lowest BCUT2D eigenvalue weighted by Crippen LogP contribution is -2.51. The molecular weight excluding hydrogens is 140 g/mol. The van der Waals surface area contributed by atoms with E-state index in [1.54, 1.807) is 0 Å². The zero-order chi connectivity index (χ0) is 8.48. The van der Waals surface area contributed by atoms with Crippen LogP contribution in [-0.4, -0.2) is 34.9 Å². The molecule has 0 bridgehead atoms. The first kappa shape index (κ1) is 8.97. The van der Waals surface area contributed by atoms with E-state index in [1.165, 1.54) is 0 Å². The van der Waals surface area contributed by atoms with Crippen molar-refractivity contribution in [2.45, 2.75) is 38.5 Å². The summed E-state index contributed by atoms with van der Waals surface area (Å²) >= 11 is 0. The molecule has 11 heavy (non-hydrogen) atoms. The second kappa shape index (κ2) is 3.09. The van der Waals surface area contributed by atoms with E-state index < -0.39 is 5.72 Å². The molecule has 1 fully saturated rings. The summed E-state index contributed by atoms with van der Waals surface area (Å²) in [6.07, 6.45) is 1.62. The third-order valence-corrected chi connectivity index (χ3v) is 2.42. The minimum atomic E-state index is -0.647. The van der Waals surface area contributed by atoms with Crippen molar-refractivity contribution in [3.05, 3.63) is 0 Å². The Labute approximate surface area is 68.2 Å². The molecule has 1 aliphatic heterocycles. The van der Waals surface area contributed by atoms with Crippen molar-refractivity contribution in [1.29, 1.82) is 0 Å². The largest absolute Gasteiger partial charge is 0.429 e. The van der Waals surface area contributed by atoms with Crippen LogP contribution in [0.1, 0.15) is 26.7 Å². The van der Waals surface area contributed by atoms with Gasteiger partial charge in [-0.15, -0.1) is 0 Å². The summed E-state index contributed by atoms with van der Waals surface area (Å²) in [6.45, 7) is 6.34. The van der Waals surface area contributed by atoms with Crippen molar-refractivity contribution in [1.82, 2.24) is 4.90 Å². The number of hydrogen-bond donors (Lipinski definition) is 1. The van der Waals surface area contributed by atoms with Crippen LogP contribution in [0.4, 0.5) is 0 Å². The molecule has 4 N–H and O–H groups in total. The van der Waals surface area contributed by atoms with Gasteiger partial charge in [0.25, 0.3) is 0 Å². The lowest BCUT2D eigenvalue weighted by Gasteiger charge is -2.34. The molecule has 3 nitrogen and oxygen atoms in total. The zero-order valence-electron chi connectivity index (χ0n) is 7.43. The van der Waals surface area contributed by atoms with E-state index in [-0.39, 0.29) is 0 Å². The van der Waals surface area contributed by atoms with Crippen LogP contribution in [0.5, 0.6) is 0 Å². The molecular formula is C8H19N2O+. The molecule has 0 saturated carbocycles. The Morgan fingerprint density at radius 1 is 1.36 bits per heavy atom. The van der Waals surface area contributed by atoms with E-state index in [2.05, 4.69) is 18.7 Å². The third kappa shape index (κ3) is 2.43. The molecule has 0 amide bonds. The molecule has 0 spiro atoms. The fourth-order valence-electron chi connectivity index (χ4n) is 1.44. The highest BCUT2D eigenvalue weighted by Crippen LogP contribution is 2.17. The summed E-state index contributed by atoms with van der Waals surface area (Å²) in [4.78, 5) is 2.37. The van der Waals surface area contributed by atoms with Gasteiger partial charge in [0.05, 0.1) is 12.8 Å². The van der Waals surface area contributed by atoms with Gasteiger partial charge in [-0.1, -0.05) is 0 Å². The molecule has 66 valence electrons. The van der Waals surface area contributed by atoms with Gasteiger partial charge < -0.3 is 10.0 Å². The number of nitrogens with two attached hydrogens (primary N) is 1. The average Bonchev–Trinajstić information content (AvgIpc) is 1.86. The molecule has 0 unspecified atom stereocenters. The maximum absolute atomic E-state index is 7.61. The molecule has 3 heteroatoms. The second-order valence-electron chi connectivity index (χ2n) is 3.79. The van der Waals surface area contributed by atoms with E-state index in [0.29, 0.717) is 6.04 Å². The van der Waals surface area contributed by atoms with Crippen molar-refractivity contribution >= 4 is 0 Å². The SMILES string of the molecule is CC(C)N1CCC(N)([OH2+])CC1. The van der Waals surface area contributed by atoms with Gasteiger partial charge in [0.2, 0.25) is 5.72 Å². The van der Waals surface area contributed by atoms with Crippen molar-refractivity contribution in [2.24, 2.45) is 5.73 Å². The van der Waals surface area contributed by atoms with Crippen LogP contribution in [0.15, 0.2) is 0 Å². The lowest BCUT2D eigenvalue weighted by molar-refractivity contribution is -0.0225. The van der Waals surface area contributed by atoms with Gasteiger partial charge in [-0.3, -0.25) is 5.73 Å². The van der Waals surface area contributed by atoms with Gasteiger partial charge in [0.15, 0.2) is 0 Å². The number of likely N-dealkylation sites (tertiary alicyclic amines) is 1. The van der Waals surface area contributed by atoms with Gasteiger partial charge in [0, 0.05) is 19.1 Å². The van der Waals surface area contributed by atoms with Crippen molar-refractivity contribution < 1.29 is 5.11 Å². The molecule has 1 rings (SSSR count). The first-order valence-electron chi connectivity index (χ1n) is 4.29. The Morgan fingerprint density at radius 2 is 1.82 bits per heavy atom. The van der Waals surface area contributed by atoms with Gasteiger partial charge in [0.1, 0.15) is 0 Å². The predicted octanol–water partition coefficient (Wildman–Crippen LogP) is -0.130. The molecule has 1 saturated heterocycles. The smallest absolute Gasteiger partial charge is 0.220 e. The van der Waals surface area contributed by atoms with E-state index >= 15 is 0 Å². The van der Waals surface area contributed by atoms with E-state index in [9.17, 15) is 0 Å². The number of piperidine rings is 1. The quantitative estimate of drug-likeness (QED) is 0.428. The van der Waals surface area contributed by atoms with E-state index in [4.69, 9.17) is 10.8 Å². The van der Waals surface area contributed by atoms with Crippen LogP contribution in [0.25, 0.3) is 0 Å². The Kier molecular flexibility index (Phi) is 2.52. The second-order valence-corrected chi connectivity index (χ2v) is 3.79. The van der Waals surface area contributed by atoms with Gasteiger partial charge >= 0.3 is 0 Å². The average molecular weight is 159 g/mol. The highest BCUT2D eigenvalue weighted by molar-refractivity contribution is 4.81. The molecule has 0 aromatic carbocycles. The molecule has 1 heterocycles.